The molecule has 2 aromatic heterocycles. The summed E-state index contributed by atoms with van der Waals surface area (Å²) in [6.45, 7) is -1.10. The van der Waals surface area contributed by atoms with E-state index in [2.05, 4.69) is 23.6 Å². The van der Waals surface area contributed by atoms with Crippen molar-refractivity contribution >= 4 is 52.4 Å². The minimum atomic E-state index is -5.89. The third-order valence-corrected chi connectivity index (χ3v) is 10.7. The Kier molecular flexibility index (Phi) is 11.3. The molecule has 1 fully saturated rings. The number of hydrogen-bond acceptors (Lipinski definition) is 17. The Morgan fingerprint density at radius 3 is 1.88 bits per heavy atom. The highest BCUT2D eigenvalue weighted by atomic mass is 31.3. The molecule has 6 atom stereocenters. The molecule has 1 aliphatic heterocycles. The Labute approximate surface area is 286 Å². The van der Waals surface area contributed by atoms with Crippen molar-refractivity contribution < 1.29 is 79.7 Å². The van der Waals surface area contributed by atoms with E-state index in [-0.39, 0.29) is 28.1 Å². The second kappa shape index (κ2) is 15.1. The molecule has 274 valence electrons. The molecule has 2 aromatic carbocycles. The summed E-state index contributed by atoms with van der Waals surface area (Å²) in [6, 6.07) is 11.4. The van der Waals surface area contributed by atoms with E-state index in [0.29, 0.717) is 11.5 Å². The van der Waals surface area contributed by atoms with E-state index >= 15 is 0 Å². The number of carbonyl (C=O) groups excluding carboxylic acids is 2. The highest BCUT2D eigenvalue weighted by molar-refractivity contribution is 7.66. The third kappa shape index (κ3) is 9.33. The predicted molar refractivity (Wildman–Crippen MR) is 168 cm³/mol. The number of esters is 2. The molecule has 1 aliphatic rings. The summed E-state index contributed by atoms with van der Waals surface area (Å²) >= 11 is 0. The number of imidazole rings is 1. The Bertz CT molecular complexity index is 2040. The second-order valence-electron chi connectivity index (χ2n) is 10.2. The Morgan fingerprint density at radius 1 is 0.804 bits per heavy atom. The lowest BCUT2D eigenvalue weighted by atomic mass is 10.1. The molecule has 0 amide bonds. The first-order chi connectivity index (χ1) is 24.0. The van der Waals surface area contributed by atoms with E-state index in [1.807, 2.05) is 0 Å². The number of aromatic nitrogens is 4. The average Bonchev–Trinajstić information content (AvgIpc) is 3.64. The summed E-state index contributed by atoms with van der Waals surface area (Å²) in [5.74, 6) is -1.15. The molecule has 1 saturated heterocycles. The number of fused-ring (bicyclic) bond motifs is 1. The Hall–Kier alpha value is -4.30. The van der Waals surface area contributed by atoms with Crippen LogP contribution in [0, 0.1) is 0 Å². The quantitative estimate of drug-likeness (QED) is 0.0904. The number of ether oxygens (including phenoxy) is 5. The van der Waals surface area contributed by atoms with Gasteiger partial charge in [0.05, 0.1) is 38.3 Å². The minimum absolute atomic E-state index is 0.0142. The van der Waals surface area contributed by atoms with E-state index in [1.165, 1.54) is 73.6 Å². The van der Waals surface area contributed by atoms with Gasteiger partial charge in [-0.2, -0.15) is 8.62 Å². The van der Waals surface area contributed by atoms with Crippen molar-refractivity contribution in [2.75, 3.05) is 26.6 Å². The van der Waals surface area contributed by atoms with Crippen molar-refractivity contribution in [2.24, 2.45) is 0 Å². The number of nitrogens with zero attached hydrogens (tertiary/aromatic N) is 4. The van der Waals surface area contributed by atoms with Crippen molar-refractivity contribution in [3.8, 4) is 11.5 Å². The van der Waals surface area contributed by atoms with Gasteiger partial charge in [0.25, 0.3) is 0 Å². The van der Waals surface area contributed by atoms with Gasteiger partial charge in [0, 0.05) is 0 Å². The van der Waals surface area contributed by atoms with Crippen molar-refractivity contribution in [3.63, 3.8) is 0 Å². The van der Waals surface area contributed by atoms with Crippen LogP contribution in [0.4, 0.5) is 5.82 Å². The number of benzene rings is 2. The van der Waals surface area contributed by atoms with Gasteiger partial charge < -0.3 is 49.0 Å². The number of rotatable bonds is 14. The number of nitrogens with two attached hydrogens (primary N) is 1. The molecular formula is C26H28N5O17P3. The molecule has 0 aliphatic carbocycles. The van der Waals surface area contributed by atoms with Gasteiger partial charge in [0.2, 0.25) is 0 Å². The van der Waals surface area contributed by atoms with Gasteiger partial charge in [0.15, 0.2) is 29.9 Å². The van der Waals surface area contributed by atoms with Crippen molar-refractivity contribution in [3.05, 3.63) is 72.3 Å². The lowest BCUT2D eigenvalue weighted by Gasteiger charge is -2.25. The number of carbonyl (C=O) groups is 2. The zero-order chi connectivity index (χ0) is 37.1. The topological polar surface area (TPSA) is 310 Å². The largest absolute Gasteiger partial charge is 0.497 e. The number of anilines is 1. The van der Waals surface area contributed by atoms with Crippen LogP contribution < -0.4 is 15.2 Å². The third-order valence-electron chi connectivity index (χ3n) is 6.90. The summed E-state index contributed by atoms with van der Waals surface area (Å²) in [6.07, 6.45) is -4.11. The second-order valence-corrected chi connectivity index (χ2v) is 14.7. The molecular weight excluding hydrogens is 747 g/mol. The number of hydrogen-bond donors (Lipinski definition) is 5. The monoisotopic (exact) mass is 775 g/mol. The van der Waals surface area contributed by atoms with Crippen LogP contribution in [0.25, 0.3) is 11.2 Å². The zero-order valence-corrected chi connectivity index (χ0v) is 28.8. The minimum Gasteiger partial charge on any atom is -0.497 e. The smallest absolute Gasteiger partial charge is 0.490 e. The number of phosphoric acid groups is 3. The molecule has 0 spiro atoms. The Morgan fingerprint density at radius 2 is 1.35 bits per heavy atom. The predicted octanol–water partition coefficient (Wildman–Crippen LogP) is 2.12. The molecule has 0 bridgehead atoms. The molecule has 4 aromatic rings. The zero-order valence-electron chi connectivity index (χ0n) is 26.1. The molecule has 25 heteroatoms. The van der Waals surface area contributed by atoms with Crippen LogP contribution in [0.3, 0.4) is 0 Å². The summed E-state index contributed by atoms with van der Waals surface area (Å²) in [5.41, 5.74) is 6.11. The van der Waals surface area contributed by atoms with E-state index in [1.54, 1.807) is 0 Å². The van der Waals surface area contributed by atoms with E-state index in [4.69, 9.17) is 43.7 Å². The van der Waals surface area contributed by atoms with Gasteiger partial charge in [-0.15, -0.1) is 0 Å². The molecule has 0 radical (unpaired) electrons. The maximum absolute atomic E-state index is 13.5. The van der Waals surface area contributed by atoms with Crippen LogP contribution >= 0.6 is 23.5 Å². The summed E-state index contributed by atoms with van der Waals surface area (Å²) in [4.78, 5) is 76.5. The molecule has 5 rings (SSSR count). The van der Waals surface area contributed by atoms with Crippen molar-refractivity contribution in [2.45, 2.75) is 24.5 Å². The summed E-state index contributed by atoms with van der Waals surface area (Å²) in [7, 11) is -14.4. The van der Waals surface area contributed by atoms with Crippen LogP contribution in [0.2, 0.25) is 0 Å². The fourth-order valence-electron chi connectivity index (χ4n) is 4.70. The lowest BCUT2D eigenvalue weighted by Crippen LogP contribution is -2.41. The van der Waals surface area contributed by atoms with Crippen LogP contribution in [0.15, 0.2) is 61.2 Å². The van der Waals surface area contributed by atoms with Crippen molar-refractivity contribution in [1.29, 1.82) is 0 Å². The highest BCUT2D eigenvalue weighted by Gasteiger charge is 2.52. The first-order valence-electron chi connectivity index (χ1n) is 14.1. The highest BCUT2D eigenvalue weighted by Crippen LogP contribution is 2.66. The van der Waals surface area contributed by atoms with E-state index in [9.17, 15) is 33.1 Å². The van der Waals surface area contributed by atoms with Gasteiger partial charge in [-0.3, -0.25) is 9.09 Å². The summed E-state index contributed by atoms with van der Waals surface area (Å²) < 4.78 is 77.1. The van der Waals surface area contributed by atoms with Crippen molar-refractivity contribution in [1.82, 2.24) is 19.5 Å². The first-order valence-corrected chi connectivity index (χ1v) is 18.6. The molecule has 22 nitrogen and oxygen atoms in total. The van der Waals surface area contributed by atoms with Crippen LogP contribution in [-0.2, 0) is 41.1 Å². The van der Waals surface area contributed by atoms with Gasteiger partial charge in [-0.1, -0.05) is 0 Å². The van der Waals surface area contributed by atoms with Crippen LogP contribution in [0.5, 0.6) is 11.5 Å². The molecule has 51 heavy (non-hydrogen) atoms. The SMILES string of the molecule is COc1ccc(C(=O)O[C@@H]2[C@H](OC(=O)c3ccc(OC)cc3)[C@@H](COP(=O)(O)OP(=O)(O)OP(=O)(O)O)O[C@H]2n2cnc3c(N)ncnc32)cc1. The fraction of sp³-hybridized carbons (Fsp3) is 0.269. The summed E-state index contributed by atoms with van der Waals surface area (Å²) in [5, 5.41) is 0. The van der Waals surface area contributed by atoms with Crippen LogP contribution in [-0.4, -0.2) is 90.2 Å². The maximum atomic E-state index is 13.5. The molecule has 0 saturated carbocycles. The number of nitrogen functional groups attached to an aromatic ring is 1. The standard InChI is InChI=1S/C26H28N5O17P3/c1-41-16-7-3-14(4-8-16)25(32)45-20-18(11-43-50(37,38)48-51(39,40)47-49(34,35)36)44-24(31-13-30-19-22(27)28-12-29-23(19)31)21(20)46-26(33)15-5-9-17(42-2)10-6-15/h3-10,12-13,18,20-21,24H,11H2,1-2H3,(H,37,38)(H,39,40)(H2,27,28,29)(H2,34,35,36)/t18-,20-,21-,24-/m1/s1. The molecule has 2 unspecified atom stereocenters. The maximum Gasteiger partial charge on any atom is 0.490 e. The number of phosphoric ester groups is 1. The van der Waals surface area contributed by atoms with Gasteiger partial charge >= 0.3 is 35.4 Å². The van der Waals surface area contributed by atoms with Gasteiger partial charge in [-0.25, -0.2) is 38.2 Å². The van der Waals surface area contributed by atoms with Gasteiger partial charge in [-0.05, 0) is 48.5 Å². The molecule has 6 N–H and O–H groups in total. The Balaban J connectivity index is 1.52. The molecule has 3 heterocycles. The average molecular weight is 775 g/mol. The number of methoxy groups -OCH3 is 2. The normalized spacial score (nSPS) is 21.4. The lowest BCUT2D eigenvalue weighted by molar-refractivity contribution is -0.0559. The van der Waals surface area contributed by atoms with E-state index < -0.39 is 66.6 Å². The van der Waals surface area contributed by atoms with Crippen LogP contribution in [0.1, 0.15) is 26.9 Å². The van der Waals surface area contributed by atoms with E-state index in [0.717, 1.165) is 6.33 Å². The fourth-order valence-corrected chi connectivity index (χ4v) is 7.73. The van der Waals surface area contributed by atoms with Gasteiger partial charge in [0.1, 0.15) is 29.4 Å². The first kappa shape index (κ1) is 37.9.